The summed E-state index contributed by atoms with van der Waals surface area (Å²) in [4.78, 5) is 4.47. The number of halogens is 1. The lowest BCUT2D eigenvalue weighted by atomic mass is 10.1. The standard InChI is InChI=1S/C13H18BrN5/c1-3-6-15-12(8-10-9-19(2)18-17-10)13-11(14)5-4-7-16-13/h4-5,7,9,12,15H,3,6,8H2,1-2H3. The summed E-state index contributed by atoms with van der Waals surface area (Å²) in [5.41, 5.74) is 1.98. The maximum absolute atomic E-state index is 4.47. The third-order valence-electron chi connectivity index (χ3n) is 2.82. The van der Waals surface area contributed by atoms with Gasteiger partial charge in [-0.3, -0.25) is 9.67 Å². The van der Waals surface area contributed by atoms with Crippen LogP contribution in [0.25, 0.3) is 0 Å². The van der Waals surface area contributed by atoms with Gasteiger partial charge in [0.15, 0.2) is 0 Å². The highest BCUT2D eigenvalue weighted by atomic mass is 79.9. The van der Waals surface area contributed by atoms with E-state index in [4.69, 9.17) is 0 Å². The molecule has 1 atom stereocenters. The second-order valence-electron chi connectivity index (χ2n) is 4.46. The van der Waals surface area contributed by atoms with Crippen LogP contribution in [0, 0.1) is 0 Å². The van der Waals surface area contributed by atoms with Gasteiger partial charge in [0.25, 0.3) is 0 Å². The molecule has 1 unspecified atom stereocenters. The Morgan fingerprint density at radius 1 is 1.47 bits per heavy atom. The van der Waals surface area contributed by atoms with Crippen molar-refractivity contribution in [2.75, 3.05) is 6.54 Å². The van der Waals surface area contributed by atoms with Gasteiger partial charge in [0.1, 0.15) is 0 Å². The fourth-order valence-electron chi connectivity index (χ4n) is 1.94. The van der Waals surface area contributed by atoms with Gasteiger partial charge in [0, 0.05) is 30.3 Å². The van der Waals surface area contributed by atoms with Crippen LogP contribution < -0.4 is 5.32 Å². The molecule has 0 aliphatic heterocycles. The minimum absolute atomic E-state index is 0.146. The Bertz CT molecular complexity index is 525. The summed E-state index contributed by atoms with van der Waals surface area (Å²) in [6.07, 6.45) is 5.62. The van der Waals surface area contributed by atoms with Crippen LogP contribution in [0.5, 0.6) is 0 Å². The SMILES string of the molecule is CCCNC(Cc1cn(C)nn1)c1ncccc1Br. The maximum Gasteiger partial charge on any atom is 0.0846 e. The average Bonchev–Trinajstić information content (AvgIpc) is 2.81. The number of hydrogen-bond acceptors (Lipinski definition) is 4. The highest BCUT2D eigenvalue weighted by Gasteiger charge is 2.17. The number of aryl methyl sites for hydroxylation is 1. The van der Waals surface area contributed by atoms with Crippen LogP contribution in [-0.4, -0.2) is 26.5 Å². The Balaban J connectivity index is 2.18. The van der Waals surface area contributed by atoms with Gasteiger partial charge >= 0.3 is 0 Å². The maximum atomic E-state index is 4.47. The molecule has 0 bridgehead atoms. The lowest BCUT2D eigenvalue weighted by Gasteiger charge is -2.18. The van der Waals surface area contributed by atoms with Crippen molar-refractivity contribution in [1.82, 2.24) is 25.3 Å². The molecule has 0 aliphatic rings. The van der Waals surface area contributed by atoms with Gasteiger partial charge in [-0.2, -0.15) is 0 Å². The highest BCUT2D eigenvalue weighted by molar-refractivity contribution is 9.10. The van der Waals surface area contributed by atoms with E-state index in [0.717, 1.165) is 35.2 Å². The predicted molar refractivity (Wildman–Crippen MR) is 77.7 cm³/mol. The Morgan fingerprint density at radius 2 is 2.32 bits per heavy atom. The first-order valence-corrected chi connectivity index (χ1v) is 7.19. The molecule has 0 spiro atoms. The van der Waals surface area contributed by atoms with Gasteiger partial charge in [-0.1, -0.05) is 12.1 Å². The predicted octanol–water partition coefficient (Wildman–Crippen LogP) is 2.26. The van der Waals surface area contributed by atoms with Crippen LogP contribution >= 0.6 is 15.9 Å². The highest BCUT2D eigenvalue weighted by Crippen LogP contribution is 2.23. The van der Waals surface area contributed by atoms with Gasteiger partial charge in [0.05, 0.1) is 17.4 Å². The van der Waals surface area contributed by atoms with E-state index in [1.54, 1.807) is 4.68 Å². The van der Waals surface area contributed by atoms with Crippen LogP contribution in [0.3, 0.4) is 0 Å². The first kappa shape index (κ1) is 14.1. The summed E-state index contributed by atoms with van der Waals surface area (Å²) in [5.74, 6) is 0. The number of hydrogen-bond donors (Lipinski definition) is 1. The molecule has 5 nitrogen and oxygen atoms in total. The van der Waals surface area contributed by atoms with Crippen molar-refractivity contribution in [2.24, 2.45) is 7.05 Å². The Morgan fingerprint density at radius 3 is 2.95 bits per heavy atom. The summed E-state index contributed by atoms with van der Waals surface area (Å²) >= 11 is 3.56. The van der Waals surface area contributed by atoms with Gasteiger partial charge in [-0.25, -0.2) is 0 Å². The fraction of sp³-hybridized carbons (Fsp3) is 0.462. The zero-order chi connectivity index (χ0) is 13.7. The Labute approximate surface area is 121 Å². The van der Waals surface area contributed by atoms with Crippen molar-refractivity contribution in [3.8, 4) is 0 Å². The van der Waals surface area contributed by atoms with E-state index in [1.807, 2.05) is 31.6 Å². The van der Waals surface area contributed by atoms with E-state index in [-0.39, 0.29) is 6.04 Å². The lowest BCUT2D eigenvalue weighted by molar-refractivity contribution is 0.511. The van der Waals surface area contributed by atoms with E-state index < -0.39 is 0 Å². The van der Waals surface area contributed by atoms with Crippen LogP contribution in [-0.2, 0) is 13.5 Å². The van der Waals surface area contributed by atoms with E-state index in [0.29, 0.717) is 0 Å². The normalized spacial score (nSPS) is 12.6. The van der Waals surface area contributed by atoms with Gasteiger partial charge < -0.3 is 5.32 Å². The molecule has 1 N–H and O–H groups in total. The third kappa shape index (κ3) is 3.84. The molecule has 0 fully saturated rings. The van der Waals surface area contributed by atoms with Crippen molar-refractivity contribution < 1.29 is 0 Å². The Kier molecular flexibility index (Phi) is 5.04. The molecule has 102 valence electrons. The van der Waals surface area contributed by atoms with Crippen LogP contribution in [0.2, 0.25) is 0 Å². The monoisotopic (exact) mass is 323 g/mol. The summed E-state index contributed by atoms with van der Waals surface area (Å²) in [6.45, 7) is 3.10. The zero-order valence-corrected chi connectivity index (χ0v) is 12.8. The summed E-state index contributed by atoms with van der Waals surface area (Å²) in [7, 11) is 1.88. The van der Waals surface area contributed by atoms with Gasteiger partial charge in [-0.05, 0) is 41.0 Å². The Hall–Kier alpha value is -1.27. The first-order chi connectivity index (χ1) is 9.20. The molecule has 0 saturated heterocycles. The second-order valence-corrected chi connectivity index (χ2v) is 5.32. The lowest BCUT2D eigenvalue weighted by Crippen LogP contribution is -2.25. The molecule has 2 aromatic heterocycles. The van der Waals surface area contributed by atoms with E-state index in [2.05, 4.69) is 43.5 Å². The number of nitrogens with one attached hydrogen (secondary N) is 1. The molecule has 19 heavy (non-hydrogen) atoms. The quantitative estimate of drug-likeness (QED) is 0.885. The van der Waals surface area contributed by atoms with E-state index in [1.165, 1.54) is 0 Å². The topological polar surface area (TPSA) is 55.6 Å². The van der Waals surface area contributed by atoms with Crippen LogP contribution in [0.1, 0.15) is 30.8 Å². The zero-order valence-electron chi connectivity index (χ0n) is 11.2. The van der Waals surface area contributed by atoms with Crippen molar-refractivity contribution >= 4 is 15.9 Å². The minimum atomic E-state index is 0.146. The summed E-state index contributed by atoms with van der Waals surface area (Å²) in [5, 5.41) is 11.6. The molecule has 2 aromatic rings. The first-order valence-electron chi connectivity index (χ1n) is 6.39. The third-order valence-corrected chi connectivity index (χ3v) is 3.49. The molecule has 0 amide bonds. The molecule has 0 saturated carbocycles. The fourth-order valence-corrected chi connectivity index (χ4v) is 2.47. The van der Waals surface area contributed by atoms with Crippen LogP contribution in [0.15, 0.2) is 29.0 Å². The number of nitrogens with zero attached hydrogens (tertiary/aromatic N) is 4. The van der Waals surface area contributed by atoms with E-state index in [9.17, 15) is 0 Å². The summed E-state index contributed by atoms with van der Waals surface area (Å²) < 4.78 is 2.74. The van der Waals surface area contributed by atoms with E-state index >= 15 is 0 Å². The van der Waals surface area contributed by atoms with Crippen molar-refractivity contribution in [3.05, 3.63) is 40.4 Å². The van der Waals surface area contributed by atoms with Crippen molar-refractivity contribution in [2.45, 2.75) is 25.8 Å². The number of aromatic nitrogens is 4. The molecule has 2 heterocycles. The molecular formula is C13H18BrN5. The molecule has 0 aromatic carbocycles. The minimum Gasteiger partial charge on any atom is -0.308 e. The molecule has 2 rings (SSSR count). The molecule has 0 aliphatic carbocycles. The summed E-state index contributed by atoms with van der Waals surface area (Å²) in [6, 6.07) is 4.08. The largest absolute Gasteiger partial charge is 0.308 e. The number of pyridine rings is 1. The van der Waals surface area contributed by atoms with Crippen molar-refractivity contribution in [1.29, 1.82) is 0 Å². The van der Waals surface area contributed by atoms with Gasteiger partial charge in [-0.15, -0.1) is 5.10 Å². The van der Waals surface area contributed by atoms with Crippen LogP contribution in [0.4, 0.5) is 0 Å². The van der Waals surface area contributed by atoms with Gasteiger partial charge in [0.2, 0.25) is 0 Å². The van der Waals surface area contributed by atoms with Crippen molar-refractivity contribution in [3.63, 3.8) is 0 Å². The smallest absolute Gasteiger partial charge is 0.0846 e. The number of rotatable bonds is 6. The molecule has 6 heteroatoms. The second kappa shape index (κ2) is 6.77. The molecule has 0 radical (unpaired) electrons. The molecular weight excluding hydrogens is 306 g/mol. The average molecular weight is 324 g/mol.